The summed E-state index contributed by atoms with van der Waals surface area (Å²) in [6, 6.07) is 10.3. The van der Waals surface area contributed by atoms with Gasteiger partial charge in [0.25, 0.3) is 5.22 Å². The summed E-state index contributed by atoms with van der Waals surface area (Å²) in [6.45, 7) is 1.91. The number of nitrogens with zero attached hydrogens (tertiary/aromatic N) is 4. The molecule has 1 aliphatic rings. The number of benzene rings is 1. The third kappa shape index (κ3) is 2.83. The van der Waals surface area contributed by atoms with E-state index >= 15 is 0 Å². The lowest BCUT2D eigenvalue weighted by atomic mass is 10.1. The zero-order valence-corrected chi connectivity index (χ0v) is 15.1. The standard InChI is InChI=1S/C18H14N4OS2/c1-10-19-16-14(13(9-24-16)11-5-3-2-4-6-11)17(20-10)25-18-22-21-15(23-18)12-7-8-12/h2-6,9,12H,7-8H2,1H3. The van der Waals surface area contributed by atoms with Crippen LogP contribution in [0, 0.1) is 6.92 Å². The van der Waals surface area contributed by atoms with Crippen LogP contribution in [0.25, 0.3) is 21.3 Å². The zero-order valence-electron chi connectivity index (χ0n) is 13.5. The highest BCUT2D eigenvalue weighted by atomic mass is 32.2. The van der Waals surface area contributed by atoms with Crippen molar-refractivity contribution in [1.82, 2.24) is 20.2 Å². The van der Waals surface area contributed by atoms with E-state index in [9.17, 15) is 0 Å². The van der Waals surface area contributed by atoms with Crippen LogP contribution in [0.3, 0.4) is 0 Å². The maximum Gasteiger partial charge on any atom is 0.282 e. The van der Waals surface area contributed by atoms with Gasteiger partial charge in [-0.15, -0.1) is 21.5 Å². The predicted molar refractivity (Wildman–Crippen MR) is 98.0 cm³/mol. The lowest BCUT2D eigenvalue weighted by molar-refractivity contribution is 0.414. The fourth-order valence-electron chi connectivity index (χ4n) is 2.76. The van der Waals surface area contributed by atoms with E-state index in [-0.39, 0.29) is 0 Å². The molecule has 0 saturated heterocycles. The molecule has 5 nitrogen and oxygen atoms in total. The average molecular weight is 366 g/mol. The van der Waals surface area contributed by atoms with E-state index < -0.39 is 0 Å². The van der Waals surface area contributed by atoms with Crippen LogP contribution in [-0.2, 0) is 0 Å². The molecule has 4 aromatic rings. The SMILES string of the molecule is Cc1nc(Sc2nnc(C3CC3)o2)c2c(-c3ccccc3)csc2n1. The van der Waals surface area contributed by atoms with Crippen molar-refractivity contribution in [3.8, 4) is 11.1 Å². The summed E-state index contributed by atoms with van der Waals surface area (Å²) >= 11 is 3.06. The van der Waals surface area contributed by atoms with Gasteiger partial charge in [-0.1, -0.05) is 30.3 Å². The Morgan fingerprint density at radius 1 is 1.12 bits per heavy atom. The molecular weight excluding hydrogens is 352 g/mol. The molecule has 0 aliphatic heterocycles. The summed E-state index contributed by atoms with van der Waals surface area (Å²) in [5.41, 5.74) is 2.30. The van der Waals surface area contributed by atoms with Crippen LogP contribution in [0.2, 0.25) is 0 Å². The van der Waals surface area contributed by atoms with Crippen molar-refractivity contribution in [1.29, 1.82) is 0 Å². The Kier molecular flexibility index (Phi) is 3.57. The third-order valence-electron chi connectivity index (χ3n) is 4.13. The zero-order chi connectivity index (χ0) is 16.8. The Balaban J connectivity index is 1.61. The quantitative estimate of drug-likeness (QED) is 0.469. The first-order chi connectivity index (χ1) is 12.3. The molecule has 5 rings (SSSR count). The molecule has 1 saturated carbocycles. The van der Waals surface area contributed by atoms with Crippen molar-refractivity contribution in [2.75, 3.05) is 0 Å². The van der Waals surface area contributed by atoms with Crippen molar-refractivity contribution >= 4 is 33.3 Å². The second-order valence-electron chi connectivity index (χ2n) is 6.05. The minimum Gasteiger partial charge on any atom is -0.415 e. The molecule has 3 aromatic heterocycles. The topological polar surface area (TPSA) is 64.7 Å². The Morgan fingerprint density at radius 2 is 1.96 bits per heavy atom. The van der Waals surface area contributed by atoms with Crippen molar-refractivity contribution in [2.24, 2.45) is 0 Å². The van der Waals surface area contributed by atoms with Gasteiger partial charge in [-0.3, -0.25) is 0 Å². The van der Waals surface area contributed by atoms with Crippen LogP contribution in [-0.4, -0.2) is 20.2 Å². The minimum absolute atomic E-state index is 0.454. The highest BCUT2D eigenvalue weighted by molar-refractivity contribution is 7.99. The molecule has 25 heavy (non-hydrogen) atoms. The molecule has 3 heterocycles. The second kappa shape index (κ2) is 5.93. The molecule has 1 fully saturated rings. The van der Waals surface area contributed by atoms with Crippen LogP contribution in [0.4, 0.5) is 0 Å². The molecule has 0 N–H and O–H groups in total. The summed E-state index contributed by atoms with van der Waals surface area (Å²) in [5.74, 6) is 1.95. The van der Waals surface area contributed by atoms with Crippen molar-refractivity contribution in [3.63, 3.8) is 0 Å². The summed E-state index contributed by atoms with van der Waals surface area (Å²) < 4.78 is 5.81. The number of fused-ring (bicyclic) bond motifs is 1. The molecule has 0 radical (unpaired) electrons. The van der Waals surface area contributed by atoms with E-state index in [2.05, 4.69) is 37.7 Å². The Labute approximate surface area is 152 Å². The molecule has 124 valence electrons. The smallest absolute Gasteiger partial charge is 0.282 e. The van der Waals surface area contributed by atoms with E-state index in [0.717, 1.165) is 50.9 Å². The van der Waals surface area contributed by atoms with E-state index in [4.69, 9.17) is 4.42 Å². The van der Waals surface area contributed by atoms with Crippen molar-refractivity contribution in [3.05, 3.63) is 47.4 Å². The number of hydrogen-bond donors (Lipinski definition) is 0. The number of aromatic nitrogens is 4. The highest BCUT2D eigenvalue weighted by Gasteiger charge is 2.29. The summed E-state index contributed by atoms with van der Waals surface area (Å²) in [4.78, 5) is 10.2. The maximum absolute atomic E-state index is 5.81. The molecule has 0 bridgehead atoms. The number of rotatable bonds is 4. The van der Waals surface area contributed by atoms with Gasteiger partial charge in [0.15, 0.2) is 0 Å². The molecule has 0 unspecified atom stereocenters. The molecule has 0 spiro atoms. The fourth-order valence-corrected chi connectivity index (χ4v) is 4.67. The molecule has 1 aromatic carbocycles. The minimum atomic E-state index is 0.454. The van der Waals surface area contributed by atoms with Gasteiger partial charge in [0.2, 0.25) is 5.89 Å². The first kappa shape index (κ1) is 15.0. The average Bonchev–Trinajstić information content (AvgIpc) is 3.22. The van der Waals surface area contributed by atoms with Crippen LogP contribution >= 0.6 is 23.1 Å². The van der Waals surface area contributed by atoms with Gasteiger partial charge in [-0.2, -0.15) is 0 Å². The van der Waals surface area contributed by atoms with Gasteiger partial charge >= 0.3 is 0 Å². The second-order valence-corrected chi connectivity index (χ2v) is 7.85. The predicted octanol–water partition coefficient (Wildman–Crippen LogP) is 5.08. The van der Waals surface area contributed by atoms with Crippen LogP contribution in [0.5, 0.6) is 0 Å². The first-order valence-electron chi connectivity index (χ1n) is 8.10. The Morgan fingerprint density at radius 3 is 2.76 bits per heavy atom. The number of thiophene rings is 1. The maximum atomic E-state index is 5.81. The molecule has 0 amide bonds. The normalized spacial score (nSPS) is 14.3. The largest absolute Gasteiger partial charge is 0.415 e. The molecule has 1 aliphatic carbocycles. The lowest BCUT2D eigenvalue weighted by Crippen LogP contribution is -1.91. The third-order valence-corrected chi connectivity index (χ3v) is 5.83. The van der Waals surface area contributed by atoms with Gasteiger partial charge < -0.3 is 4.42 Å². The molecular formula is C18H14N4OS2. The van der Waals surface area contributed by atoms with E-state index in [1.165, 1.54) is 11.8 Å². The Hall–Kier alpha value is -2.25. The molecule has 0 atom stereocenters. The van der Waals surface area contributed by atoms with Crippen LogP contribution < -0.4 is 0 Å². The summed E-state index contributed by atoms with van der Waals surface area (Å²) in [7, 11) is 0. The van der Waals surface area contributed by atoms with Crippen LogP contribution in [0.15, 0.2) is 50.4 Å². The van der Waals surface area contributed by atoms with Crippen molar-refractivity contribution < 1.29 is 4.42 Å². The van der Waals surface area contributed by atoms with E-state index in [1.807, 2.05) is 25.1 Å². The lowest BCUT2D eigenvalue weighted by Gasteiger charge is -2.04. The van der Waals surface area contributed by atoms with E-state index in [0.29, 0.717) is 11.1 Å². The number of aryl methyl sites for hydroxylation is 1. The fraction of sp³-hybridized carbons (Fsp3) is 0.222. The Bertz CT molecular complexity index is 1050. The highest BCUT2D eigenvalue weighted by Crippen LogP contribution is 2.42. The van der Waals surface area contributed by atoms with Gasteiger partial charge in [0.1, 0.15) is 15.7 Å². The number of hydrogen-bond acceptors (Lipinski definition) is 7. The van der Waals surface area contributed by atoms with Gasteiger partial charge in [-0.05, 0) is 37.1 Å². The van der Waals surface area contributed by atoms with Gasteiger partial charge in [-0.25, -0.2) is 9.97 Å². The molecule has 7 heteroatoms. The van der Waals surface area contributed by atoms with Crippen LogP contribution in [0.1, 0.15) is 30.5 Å². The monoisotopic (exact) mass is 366 g/mol. The van der Waals surface area contributed by atoms with Gasteiger partial charge in [0, 0.05) is 16.9 Å². The first-order valence-corrected chi connectivity index (χ1v) is 9.80. The van der Waals surface area contributed by atoms with Crippen molar-refractivity contribution in [2.45, 2.75) is 35.9 Å². The summed E-state index contributed by atoms with van der Waals surface area (Å²) in [6.07, 6.45) is 2.29. The summed E-state index contributed by atoms with van der Waals surface area (Å²) in [5, 5.41) is 13.0. The van der Waals surface area contributed by atoms with Gasteiger partial charge in [0.05, 0.1) is 5.39 Å². The van der Waals surface area contributed by atoms with E-state index in [1.54, 1.807) is 11.3 Å².